The lowest BCUT2D eigenvalue weighted by atomic mass is 9.77. The zero-order valence-electron chi connectivity index (χ0n) is 11.4. The summed E-state index contributed by atoms with van der Waals surface area (Å²) in [6, 6.07) is 1.85. The highest BCUT2D eigenvalue weighted by Crippen LogP contribution is 2.30. The van der Waals surface area contributed by atoms with E-state index in [0.29, 0.717) is 6.42 Å². The van der Waals surface area contributed by atoms with Gasteiger partial charge in [0.15, 0.2) is 5.78 Å². The van der Waals surface area contributed by atoms with Crippen molar-refractivity contribution in [3.05, 3.63) is 33.2 Å². The number of aromatic amines is 1. The summed E-state index contributed by atoms with van der Waals surface area (Å²) in [5.41, 5.74) is 2.18. The van der Waals surface area contributed by atoms with Crippen molar-refractivity contribution in [3.63, 3.8) is 0 Å². The van der Waals surface area contributed by atoms with Crippen LogP contribution in [0.5, 0.6) is 0 Å². The number of hydrogen-bond donors (Lipinski definition) is 1. The fraction of sp³-hybridized carbons (Fsp3) is 0.600. The topological polar surface area (TPSA) is 49.9 Å². The molecule has 0 bridgehead atoms. The number of hydrogen-bond acceptors (Lipinski definition) is 2. The van der Waals surface area contributed by atoms with Crippen molar-refractivity contribution in [1.29, 1.82) is 0 Å². The lowest BCUT2D eigenvalue weighted by Crippen LogP contribution is -2.31. The van der Waals surface area contributed by atoms with Crippen LogP contribution in [0.15, 0.2) is 10.9 Å². The standard InChI is InChI=1S/C15H21NO2/c1-4-15(3,5-2)11-9-10-12(16-14(11)18)7-6-8-13(10)17/h9H,4-8H2,1-3H3,(H,16,18). The van der Waals surface area contributed by atoms with E-state index >= 15 is 0 Å². The quantitative estimate of drug-likeness (QED) is 0.892. The van der Waals surface area contributed by atoms with Crippen molar-refractivity contribution < 1.29 is 4.79 Å². The maximum Gasteiger partial charge on any atom is 0.251 e. The molecule has 0 spiro atoms. The fourth-order valence-corrected chi connectivity index (χ4v) is 2.65. The Balaban J connectivity index is 2.60. The Kier molecular flexibility index (Phi) is 3.42. The fourth-order valence-electron chi connectivity index (χ4n) is 2.65. The van der Waals surface area contributed by atoms with Crippen molar-refractivity contribution in [2.24, 2.45) is 0 Å². The van der Waals surface area contributed by atoms with E-state index in [0.717, 1.165) is 42.5 Å². The number of aromatic nitrogens is 1. The number of carbonyl (C=O) groups is 1. The van der Waals surface area contributed by atoms with Crippen molar-refractivity contribution in [3.8, 4) is 0 Å². The van der Waals surface area contributed by atoms with E-state index < -0.39 is 0 Å². The molecule has 1 aliphatic rings. The number of H-pyrrole nitrogens is 1. The van der Waals surface area contributed by atoms with Gasteiger partial charge in [-0.15, -0.1) is 0 Å². The number of Topliss-reactive ketones (excluding diaryl/α,β-unsaturated/α-hetero) is 1. The first kappa shape index (κ1) is 13.1. The van der Waals surface area contributed by atoms with E-state index in [2.05, 4.69) is 25.8 Å². The molecule has 0 atom stereocenters. The average Bonchev–Trinajstić information content (AvgIpc) is 2.37. The van der Waals surface area contributed by atoms with Gasteiger partial charge in [-0.3, -0.25) is 9.59 Å². The highest BCUT2D eigenvalue weighted by Gasteiger charge is 2.28. The lowest BCUT2D eigenvalue weighted by molar-refractivity contribution is 0.0971. The van der Waals surface area contributed by atoms with Gasteiger partial charge in [-0.05, 0) is 37.2 Å². The molecule has 0 radical (unpaired) electrons. The van der Waals surface area contributed by atoms with Crippen LogP contribution in [0.2, 0.25) is 0 Å². The predicted octanol–water partition coefficient (Wildman–Crippen LogP) is 2.97. The van der Waals surface area contributed by atoms with E-state index in [1.807, 2.05) is 6.07 Å². The summed E-state index contributed by atoms with van der Waals surface area (Å²) in [6.07, 6.45) is 4.07. The molecule has 3 heteroatoms. The molecule has 0 unspecified atom stereocenters. The van der Waals surface area contributed by atoms with E-state index in [4.69, 9.17) is 0 Å². The molecule has 0 fully saturated rings. The summed E-state index contributed by atoms with van der Waals surface area (Å²) in [5, 5.41) is 0. The molecule has 98 valence electrons. The molecule has 1 heterocycles. The minimum Gasteiger partial charge on any atom is -0.325 e. The molecule has 1 aromatic heterocycles. The Morgan fingerprint density at radius 1 is 1.22 bits per heavy atom. The third-order valence-corrected chi connectivity index (χ3v) is 4.46. The third kappa shape index (κ3) is 2.02. The molecule has 1 aliphatic carbocycles. The van der Waals surface area contributed by atoms with Crippen molar-refractivity contribution in [2.75, 3.05) is 0 Å². The van der Waals surface area contributed by atoms with Gasteiger partial charge < -0.3 is 4.98 Å². The van der Waals surface area contributed by atoms with Gasteiger partial charge in [0.05, 0.1) is 0 Å². The van der Waals surface area contributed by atoms with Crippen LogP contribution in [0, 0.1) is 0 Å². The Morgan fingerprint density at radius 3 is 2.50 bits per heavy atom. The minimum absolute atomic E-state index is 0.0188. The molecule has 1 aromatic rings. The molecule has 0 aliphatic heterocycles. The van der Waals surface area contributed by atoms with Gasteiger partial charge in [-0.25, -0.2) is 0 Å². The SMILES string of the molecule is CCC(C)(CC)c1cc2c([nH]c1=O)CCCC2=O. The van der Waals surface area contributed by atoms with E-state index in [1.54, 1.807) is 0 Å². The van der Waals surface area contributed by atoms with Crippen LogP contribution in [-0.4, -0.2) is 10.8 Å². The number of nitrogens with one attached hydrogen (secondary N) is 1. The van der Waals surface area contributed by atoms with Crippen LogP contribution >= 0.6 is 0 Å². The summed E-state index contributed by atoms with van der Waals surface area (Å²) in [4.78, 5) is 27.1. The normalized spacial score (nSPS) is 15.6. The van der Waals surface area contributed by atoms with E-state index in [1.165, 1.54) is 0 Å². The second-order valence-corrected chi connectivity index (χ2v) is 5.45. The molecular formula is C15H21NO2. The van der Waals surface area contributed by atoms with Gasteiger partial charge in [-0.1, -0.05) is 20.8 Å². The molecule has 0 aromatic carbocycles. The maximum absolute atomic E-state index is 12.2. The average molecular weight is 247 g/mol. The van der Waals surface area contributed by atoms with Gasteiger partial charge in [0.1, 0.15) is 0 Å². The predicted molar refractivity (Wildman–Crippen MR) is 72.3 cm³/mol. The Morgan fingerprint density at radius 2 is 1.89 bits per heavy atom. The molecule has 18 heavy (non-hydrogen) atoms. The Bertz CT molecular complexity index is 524. The van der Waals surface area contributed by atoms with Gasteiger partial charge in [0, 0.05) is 23.2 Å². The van der Waals surface area contributed by atoms with Crippen LogP contribution in [0.3, 0.4) is 0 Å². The molecular weight excluding hydrogens is 226 g/mol. The number of pyridine rings is 1. The first-order chi connectivity index (χ1) is 8.51. The second kappa shape index (κ2) is 4.71. The van der Waals surface area contributed by atoms with Crippen molar-refractivity contribution in [1.82, 2.24) is 4.98 Å². The summed E-state index contributed by atoms with van der Waals surface area (Å²) < 4.78 is 0. The molecule has 2 rings (SSSR count). The minimum atomic E-state index is -0.139. The smallest absolute Gasteiger partial charge is 0.251 e. The second-order valence-electron chi connectivity index (χ2n) is 5.45. The van der Waals surface area contributed by atoms with Gasteiger partial charge >= 0.3 is 0 Å². The van der Waals surface area contributed by atoms with Crippen molar-refractivity contribution >= 4 is 5.78 Å². The van der Waals surface area contributed by atoms with Crippen LogP contribution < -0.4 is 5.56 Å². The molecule has 1 N–H and O–H groups in total. The van der Waals surface area contributed by atoms with Crippen LogP contribution in [0.1, 0.15) is 68.1 Å². The zero-order valence-corrected chi connectivity index (χ0v) is 11.4. The Labute approximate surface area is 108 Å². The van der Waals surface area contributed by atoms with Crippen LogP contribution in [0.25, 0.3) is 0 Å². The molecule has 3 nitrogen and oxygen atoms in total. The monoisotopic (exact) mass is 247 g/mol. The molecule has 0 amide bonds. The van der Waals surface area contributed by atoms with Crippen LogP contribution in [0.4, 0.5) is 0 Å². The number of aryl methyl sites for hydroxylation is 1. The van der Waals surface area contributed by atoms with E-state index in [9.17, 15) is 9.59 Å². The maximum atomic E-state index is 12.2. The van der Waals surface area contributed by atoms with E-state index in [-0.39, 0.29) is 16.8 Å². The summed E-state index contributed by atoms with van der Waals surface area (Å²) in [6.45, 7) is 6.27. The number of ketones is 1. The first-order valence-corrected chi connectivity index (χ1v) is 6.81. The van der Waals surface area contributed by atoms with Crippen LogP contribution in [-0.2, 0) is 11.8 Å². The summed E-state index contributed by atoms with van der Waals surface area (Å²) >= 11 is 0. The third-order valence-electron chi connectivity index (χ3n) is 4.46. The summed E-state index contributed by atoms with van der Waals surface area (Å²) in [5.74, 6) is 0.170. The Hall–Kier alpha value is -1.38. The largest absolute Gasteiger partial charge is 0.325 e. The summed E-state index contributed by atoms with van der Waals surface area (Å²) in [7, 11) is 0. The highest BCUT2D eigenvalue weighted by molar-refractivity contribution is 5.98. The van der Waals surface area contributed by atoms with Gasteiger partial charge in [0.2, 0.25) is 0 Å². The lowest BCUT2D eigenvalue weighted by Gasteiger charge is -2.27. The number of carbonyl (C=O) groups excluding carboxylic acids is 1. The zero-order chi connectivity index (χ0) is 13.3. The highest BCUT2D eigenvalue weighted by atomic mass is 16.1. The van der Waals surface area contributed by atoms with Crippen molar-refractivity contribution in [2.45, 2.75) is 58.3 Å². The molecule has 0 saturated carbocycles. The number of rotatable bonds is 3. The van der Waals surface area contributed by atoms with Gasteiger partial charge in [-0.2, -0.15) is 0 Å². The molecule has 0 saturated heterocycles. The first-order valence-electron chi connectivity index (χ1n) is 6.81. The van der Waals surface area contributed by atoms with Gasteiger partial charge in [0.25, 0.3) is 5.56 Å². The number of fused-ring (bicyclic) bond motifs is 1.